The average Bonchev–Trinajstić information content (AvgIpc) is 3.16. The maximum absolute atomic E-state index is 12.2. The Balaban J connectivity index is 1.52. The summed E-state index contributed by atoms with van der Waals surface area (Å²) in [6, 6.07) is 3.90. The van der Waals surface area contributed by atoms with E-state index in [1.54, 1.807) is 34.5 Å². The van der Waals surface area contributed by atoms with Crippen LogP contribution in [0.4, 0.5) is 0 Å². The van der Waals surface area contributed by atoms with Crippen LogP contribution < -0.4 is 0 Å². The van der Waals surface area contributed by atoms with Gasteiger partial charge >= 0.3 is 0 Å². The molecule has 1 saturated heterocycles. The van der Waals surface area contributed by atoms with Crippen LogP contribution in [0.15, 0.2) is 37.2 Å². The monoisotopic (exact) mass is 301 g/mol. The van der Waals surface area contributed by atoms with E-state index in [9.17, 15) is 9.90 Å². The Morgan fingerprint density at radius 3 is 2.68 bits per heavy atom. The van der Waals surface area contributed by atoms with Gasteiger partial charge in [0.15, 0.2) is 0 Å². The Morgan fingerprint density at radius 2 is 1.95 bits per heavy atom. The van der Waals surface area contributed by atoms with Crippen molar-refractivity contribution in [1.82, 2.24) is 24.6 Å². The molecule has 116 valence electrons. The van der Waals surface area contributed by atoms with Gasteiger partial charge in [-0.1, -0.05) is 0 Å². The van der Waals surface area contributed by atoms with Crippen molar-refractivity contribution in [2.75, 3.05) is 13.1 Å². The molecule has 7 heteroatoms. The highest BCUT2D eigenvalue weighted by Crippen LogP contribution is 2.22. The molecule has 2 aromatic rings. The average molecular weight is 301 g/mol. The zero-order valence-electron chi connectivity index (χ0n) is 12.2. The third kappa shape index (κ3) is 3.48. The summed E-state index contributed by atoms with van der Waals surface area (Å²) in [5.74, 6) is 0.145. The van der Waals surface area contributed by atoms with E-state index in [2.05, 4.69) is 15.2 Å². The number of hydrogen-bond acceptors (Lipinski definition) is 5. The fourth-order valence-corrected chi connectivity index (χ4v) is 2.80. The van der Waals surface area contributed by atoms with Crippen LogP contribution in [0.3, 0.4) is 0 Å². The molecular weight excluding hydrogens is 282 g/mol. The van der Waals surface area contributed by atoms with E-state index >= 15 is 0 Å². The summed E-state index contributed by atoms with van der Waals surface area (Å²) < 4.78 is 1.78. The number of aliphatic hydroxyl groups is 1. The lowest BCUT2D eigenvalue weighted by molar-refractivity contribution is -0.130. The van der Waals surface area contributed by atoms with E-state index in [4.69, 9.17) is 0 Å². The van der Waals surface area contributed by atoms with Gasteiger partial charge in [-0.15, -0.1) is 10.2 Å². The van der Waals surface area contributed by atoms with Crippen molar-refractivity contribution in [1.29, 1.82) is 0 Å². The van der Waals surface area contributed by atoms with Gasteiger partial charge in [-0.3, -0.25) is 9.78 Å². The highest BCUT2D eigenvalue weighted by molar-refractivity contribution is 5.76. The van der Waals surface area contributed by atoms with Crippen LogP contribution in [-0.2, 0) is 17.8 Å². The molecule has 0 spiro atoms. The van der Waals surface area contributed by atoms with Crippen molar-refractivity contribution >= 4 is 5.91 Å². The second-order valence-corrected chi connectivity index (χ2v) is 5.64. The molecule has 1 N–H and O–H groups in total. The molecule has 0 radical (unpaired) electrons. The van der Waals surface area contributed by atoms with Gasteiger partial charge in [-0.2, -0.15) is 0 Å². The first-order valence-corrected chi connectivity index (χ1v) is 7.39. The summed E-state index contributed by atoms with van der Waals surface area (Å²) in [4.78, 5) is 18.0. The van der Waals surface area contributed by atoms with Crippen molar-refractivity contribution in [3.05, 3.63) is 42.7 Å². The number of aliphatic hydroxyl groups excluding tert-OH is 1. The molecule has 7 nitrogen and oxygen atoms in total. The Bertz CT molecular complexity index is 602. The number of nitrogens with zero attached hydrogens (tertiary/aromatic N) is 5. The lowest BCUT2D eigenvalue weighted by atomic mass is 9.97. The largest absolute Gasteiger partial charge is 0.391 e. The van der Waals surface area contributed by atoms with Crippen LogP contribution in [0, 0.1) is 5.92 Å². The summed E-state index contributed by atoms with van der Waals surface area (Å²) >= 11 is 0. The minimum atomic E-state index is -0.466. The molecule has 2 atom stereocenters. The first kappa shape index (κ1) is 14.6. The minimum Gasteiger partial charge on any atom is -0.391 e. The topological polar surface area (TPSA) is 84.1 Å². The molecule has 0 unspecified atom stereocenters. The fourth-order valence-electron chi connectivity index (χ4n) is 2.80. The number of pyridine rings is 1. The van der Waals surface area contributed by atoms with Crippen molar-refractivity contribution < 1.29 is 9.90 Å². The van der Waals surface area contributed by atoms with Gasteiger partial charge in [0, 0.05) is 44.4 Å². The molecule has 0 aromatic carbocycles. The zero-order chi connectivity index (χ0) is 15.4. The number of likely N-dealkylation sites (tertiary alicyclic amines) is 1. The quantitative estimate of drug-likeness (QED) is 0.848. The van der Waals surface area contributed by atoms with E-state index in [1.807, 2.05) is 12.1 Å². The van der Waals surface area contributed by atoms with Crippen molar-refractivity contribution in [2.24, 2.45) is 5.92 Å². The van der Waals surface area contributed by atoms with Crippen LogP contribution in [0.2, 0.25) is 0 Å². The minimum absolute atomic E-state index is 0.0602. The lowest BCUT2D eigenvalue weighted by Gasteiger charge is -2.16. The van der Waals surface area contributed by atoms with Gasteiger partial charge in [0.05, 0.1) is 6.10 Å². The van der Waals surface area contributed by atoms with Gasteiger partial charge in [0.2, 0.25) is 5.91 Å². The molecule has 1 aliphatic heterocycles. The predicted molar refractivity (Wildman–Crippen MR) is 78.7 cm³/mol. The summed E-state index contributed by atoms with van der Waals surface area (Å²) in [6.07, 6.45) is 7.38. The van der Waals surface area contributed by atoms with E-state index in [1.165, 1.54) is 0 Å². The van der Waals surface area contributed by atoms with Crippen molar-refractivity contribution in [3.63, 3.8) is 0 Å². The molecular formula is C15H19N5O2. The molecule has 0 bridgehead atoms. The second-order valence-electron chi connectivity index (χ2n) is 5.64. The maximum Gasteiger partial charge on any atom is 0.224 e. The van der Waals surface area contributed by atoms with Crippen LogP contribution in [0.25, 0.3) is 0 Å². The number of aromatic nitrogens is 4. The molecule has 1 fully saturated rings. The predicted octanol–water partition coefficient (Wildman–Crippen LogP) is 0.125. The normalized spacial score (nSPS) is 21.2. The van der Waals surface area contributed by atoms with Crippen molar-refractivity contribution in [3.8, 4) is 0 Å². The molecule has 22 heavy (non-hydrogen) atoms. The second kappa shape index (κ2) is 6.65. The SMILES string of the molecule is O=C(CCn1cnnc1)N1C[C@@H](Cc2ccncc2)[C@@H](O)C1. The molecule has 1 amide bonds. The Labute approximate surface area is 128 Å². The smallest absolute Gasteiger partial charge is 0.224 e. The number of carbonyl (C=O) groups is 1. The van der Waals surface area contributed by atoms with E-state index in [0.29, 0.717) is 26.1 Å². The molecule has 0 saturated carbocycles. The maximum atomic E-state index is 12.2. The van der Waals surface area contributed by atoms with E-state index < -0.39 is 6.10 Å². The summed E-state index contributed by atoms with van der Waals surface area (Å²) in [7, 11) is 0. The molecule has 1 aliphatic rings. The van der Waals surface area contributed by atoms with Gasteiger partial charge in [0.1, 0.15) is 12.7 Å². The Kier molecular flexibility index (Phi) is 4.43. The van der Waals surface area contributed by atoms with Crippen molar-refractivity contribution in [2.45, 2.75) is 25.5 Å². The van der Waals surface area contributed by atoms with Crippen LogP contribution in [0.1, 0.15) is 12.0 Å². The third-order valence-corrected chi connectivity index (χ3v) is 4.06. The molecule has 2 aromatic heterocycles. The van der Waals surface area contributed by atoms with Gasteiger partial charge in [-0.25, -0.2) is 0 Å². The molecule has 0 aliphatic carbocycles. The lowest BCUT2D eigenvalue weighted by Crippen LogP contribution is -2.30. The summed E-state index contributed by atoms with van der Waals surface area (Å²) in [6.45, 7) is 1.58. The Hall–Kier alpha value is -2.28. The standard InChI is InChI=1S/C15H19N5O2/c21-14-9-20(15(22)3-6-19-10-17-18-11-19)8-13(14)7-12-1-4-16-5-2-12/h1-2,4-5,10-11,13-14,21H,3,6-9H2/t13-,14+/m1/s1. The number of β-amino-alcohol motifs (C(OH)–C–C–N with tert-alkyl or cyclic N) is 1. The number of rotatable bonds is 5. The molecule has 3 rings (SSSR count). The highest BCUT2D eigenvalue weighted by atomic mass is 16.3. The zero-order valence-corrected chi connectivity index (χ0v) is 12.2. The van der Waals surface area contributed by atoms with E-state index in [0.717, 1.165) is 12.0 Å². The number of amides is 1. The van der Waals surface area contributed by atoms with Gasteiger partial charge in [0.25, 0.3) is 0 Å². The van der Waals surface area contributed by atoms with Crippen LogP contribution >= 0.6 is 0 Å². The first-order valence-electron chi connectivity index (χ1n) is 7.39. The van der Waals surface area contributed by atoms with Crippen LogP contribution in [-0.4, -0.2) is 54.9 Å². The van der Waals surface area contributed by atoms with Gasteiger partial charge < -0.3 is 14.6 Å². The van der Waals surface area contributed by atoms with E-state index in [-0.39, 0.29) is 11.8 Å². The number of hydrogen-bond donors (Lipinski definition) is 1. The summed E-state index contributed by atoms with van der Waals surface area (Å²) in [5.41, 5.74) is 1.14. The highest BCUT2D eigenvalue weighted by Gasteiger charge is 2.33. The number of carbonyl (C=O) groups excluding carboxylic acids is 1. The number of aryl methyl sites for hydroxylation is 1. The van der Waals surface area contributed by atoms with Crippen LogP contribution in [0.5, 0.6) is 0 Å². The fraction of sp³-hybridized carbons (Fsp3) is 0.467. The van der Waals surface area contributed by atoms with Gasteiger partial charge in [-0.05, 0) is 24.1 Å². The Morgan fingerprint density at radius 1 is 1.23 bits per heavy atom. The first-order chi connectivity index (χ1) is 10.7. The third-order valence-electron chi connectivity index (χ3n) is 4.06. The molecule has 3 heterocycles. The summed E-state index contributed by atoms with van der Waals surface area (Å²) in [5, 5.41) is 17.6.